The Balaban J connectivity index is 0.0000118. The van der Waals surface area contributed by atoms with E-state index >= 15 is 0 Å². The Morgan fingerprint density at radius 1 is 0.835 bits per heavy atom. The number of nitrogens with one attached hydrogen (secondary N) is 5. The van der Waals surface area contributed by atoms with Crippen molar-refractivity contribution >= 4 is 75.9 Å². The van der Waals surface area contributed by atoms with Gasteiger partial charge in [-0.05, 0) is 67.4 Å². The van der Waals surface area contributed by atoms with Crippen LogP contribution in [-0.2, 0) is 49.4 Å². The number of phenols is 1. The maximum Gasteiger partial charge on any atom is 1.00 e. The molecule has 3 aliphatic heterocycles. The number of carbonyl (C=O) groups excluding carboxylic acids is 8. The van der Waals surface area contributed by atoms with Crippen molar-refractivity contribution < 1.29 is 127 Å². The Kier molecular flexibility index (Phi) is 25.5. The number of hydrogen-bond donors (Lipinski definition) is 13. The number of amides is 8. The van der Waals surface area contributed by atoms with Crippen molar-refractivity contribution in [2.24, 2.45) is 11.7 Å². The van der Waals surface area contributed by atoms with Gasteiger partial charge in [-0.15, -0.1) is 4.33 Å². The molecular formula is C57H70N11NaO20S2. The largest absolute Gasteiger partial charge is 1.00 e. The van der Waals surface area contributed by atoms with E-state index in [-0.39, 0.29) is 58.8 Å². The van der Waals surface area contributed by atoms with E-state index in [1.54, 1.807) is 22.8 Å². The summed E-state index contributed by atoms with van der Waals surface area (Å²) in [5.74, 6) is -10.4. The average molecular weight is 1320 g/mol. The van der Waals surface area contributed by atoms with Crippen LogP contribution in [0, 0.1) is 5.92 Å². The molecule has 3 aromatic carbocycles. The number of ether oxygens (including phenoxy) is 1. The molecule has 3 aliphatic rings. The van der Waals surface area contributed by atoms with Crippen molar-refractivity contribution in [1.82, 2.24) is 51.0 Å². The number of primary amides is 1. The Morgan fingerprint density at radius 2 is 1.52 bits per heavy atom. The molecule has 486 valence electrons. The minimum Gasteiger partial charge on any atom is -0.691 e. The van der Waals surface area contributed by atoms with Crippen LogP contribution in [0.25, 0.3) is 26.8 Å². The van der Waals surface area contributed by atoms with Crippen LogP contribution in [0.4, 0.5) is 0 Å². The SMILES string of the molecule is CCCCCOc1ccc(-c2nn3cc(-c4ccc(C(=O)NC5CC(O)CNC(=O)C6C(O)C(C)CN6C(=O)C(C(O)CC(N)=O)NC(=O)C(C(O)Cc6ccc(O)c(OSOO[O-])c6)NC(=O)C6CC(O)CN6C(=O)C(C(C)O)NC5=O)cc4)nc3s2)cc1.[Na+]. The standard InChI is InChI=1S/C57H71N11O20S2.Na/c1-4-5-6-17-85-35-14-12-32(13-15-35)54-65-68-26-37(61-57(68)89-54)30-8-10-31(11-9-30)49(77)60-36-20-33(70)23-59-53(81)47-48(76)27(2)24-67(47)56(83)46(41(74)22-43(58)75)64-52(80)45(40(73)18-29-7-16-39(72)42(19-29)86-90-88-87-84)63-51(79)38-21-34(71)25-66(38)55(82)44(28(3)69)62-50(36)78;/h7-16,19,26-28,33-34,36,38,40-41,44-48,69-74,76,84H,4-6,17-18,20-25H2,1-3H3,(H2,58,75)(H,59,81)(H,60,77)(H,62,78)(H,63,79)(H,64,80);/q;+1/p-1. The second kappa shape index (κ2) is 32.5. The predicted molar refractivity (Wildman–Crippen MR) is 314 cm³/mol. The summed E-state index contributed by atoms with van der Waals surface area (Å²) in [6.45, 7) is 3.59. The number of aromatic nitrogens is 3. The molecule has 31 nitrogen and oxygen atoms in total. The molecule has 5 heterocycles. The van der Waals surface area contributed by atoms with E-state index < -0.39 is 177 Å². The zero-order valence-electron chi connectivity index (χ0n) is 49.8. The van der Waals surface area contributed by atoms with E-state index in [2.05, 4.69) is 42.9 Å². The summed E-state index contributed by atoms with van der Waals surface area (Å²) in [6, 6.07) is 5.40. The van der Waals surface area contributed by atoms with Crippen LogP contribution in [0.2, 0.25) is 0 Å². The topological polar surface area (TPSA) is 461 Å². The van der Waals surface area contributed by atoms with E-state index in [1.165, 1.54) is 36.5 Å². The molecule has 3 fully saturated rings. The fraction of sp³-hybridized carbons (Fsp3) is 0.474. The van der Waals surface area contributed by atoms with E-state index in [9.17, 15) is 79.4 Å². The monoisotopic (exact) mass is 1320 g/mol. The number of imidazole rings is 1. The van der Waals surface area contributed by atoms with Crippen LogP contribution < -0.4 is 76.1 Å². The van der Waals surface area contributed by atoms with E-state index in [4.69, 9.17) is 24.7 Å². The number of aliphatic hydroxyl groups is 6. The molecular weight excluding hydrogens is 1250 g/mol. The smallest absolute Gasteiger partial charge is 0.691 e. The normalized spacial score (nSPS) is 24.7. The van der Waals surface area contributed by atoms with Crippen LogP contribution in [0.3, 0.4) is 0 Å². The number of carbonyl (C=O) groups is 8. The van der Waals surface area contributed by atoms with Gasteiger partial charge in [-0.2, -0.15) is 5.10 Å². The quantitative estimate of drug-likeness (QED) is 0.0114. The number of fused-ring (bicyclic) bond motifs is 3. The van der Waals surface area contributed by atoms with Gasteiger partial charge in [0.2, 0.25) is 46.3 Å². The molecule has 13 atom stereocenters. The van der Waals surface area contributed by atoms with Crippen LogP contribution in [0.15, 0.2) is 72.9 Å². The first-order chi connectivity index (χ1) is 42.9. The van der Waals surface area contributed by atoms with Gasteiger partial charge in [-0.3, -0.25) is 43.4 Å². The number of hydrogen-bond acceptors (Lipinski definition) is 24. The van der Waals surface area contributed by atoms with E-state index in [1.807, 2.05) is 24.3 Å². The van der Waals surface area contributed by atoms with Crippen LogP contribution in [0.5, 0.6) is 17.2 Å². The molecule has 13 unspecified atom stereocenters. The molecule has 8 rings (SSSR count). The molecule has 34 heteroatoms. The Hall–Kier alpha value is -7.09. The zero-order valence-corrected chi connectivity index (χ0v) is 53.4. The molecule has 5 aromatic rings. The summed E-state index contributed by atoms with van der Waals surface area (Å²) in [5.41, 5.74) is 7.44. The van der Waals surface area contributed by atoms with Crippen molar-refractivity contribution in [1.29, 1.82) is 0 Å². The molecule has 0 aliphatic carbocycles. The van der Waals surface area contributed by atoms with Gasteiger partial charge in [0.25, 0.3) is 18.2 Å². The van der Waals surface area contributed by atoms with Crippen LogP contribution in [0.1, 0.15) is 75.2 Å². The van der Waals surface area contributed by atoms with Gasteiger partial charge in [0.1, 0.15) is 47.0 Å². The molecule has 3 saturated heterocycles. The van der Waals surface area contributed by atoms with Crippen LogP contribution >= 0.6 is 23.7 Å². The number of aliphatic hydroxyl groups excluding tert-OH is 6. The Labute approximate surface area is 550 Å². The summed E-state index contributed by atoms with van der Waals surface area (Å²) in [6.07, 6.45) is -8.84. The number of aromatic hydroxyl groups is 1. The van der Waals surface area contributed by atoms with Gasteiger partial charge in [0.05, 0.1) is 61.5 Å². The number of phenolic OH excluding ortho intramolecular Hbond substituents is 1. The van der Waals surface area contributed by atoms with Gasteiger partial charge in [-0.25, -0.2) is 9.50 Å². The zero-order chi connectivity index (χ0) is 65.1. The molecule has 0 spiro atoms. The number of β-amino-alcohol motifs (C(OH)–C–C–N with tert-alkyl or cyclic N) is 1. The number of nitrogens with two attached hydrogens (primary N) is 1. The van der Waals surface area contributed by atoms with Gasteiger partial charge < -0.3 is 92.0 Å². The number of unbranched alkanes of at least 4 members (excludes halogenated alkanes) is 2. The fourth-order valence-corrected chi connectivity index (χ4v) is 11.8. The average Bonchev–Trinajstić information content (AvgIpc) is 1.76. The van der Waals surface area contributed by atoms with Crippen molar-refractivity contribution in [3.05, 3.63) is 84.1 Å². The van der Waals surface area contributed by atoms with Gasteiger partial charge in [0.15, 0.2) is 11.5 Å². The first-order valence-electron chi connectivity index (χ1n) is 28.7. The maximum atomic E-state index is 14.7. The predicted octanol–water partition coefficient (Wildman–Crippen LogP) is -5.61. The molecule has 0 radical (unpaired) electrons. The third kappa shape index (κ3) is 17.9. The van der Waals surface area contributed by atoms with Crippen molar-refractivity contribution in [2.75, 3.05) is 26.2 Å². The summed E-state index contributed by atoms with van der Waals surface area (Å²) >= 11 is 1.35. The molecule has 2 aromatic heterocycles. The van der Waals surface area contributed by atoms with Gasteiger partial charge in [0, 0.05) is 61.5 Å². The minimum atomic E-state index is -2.22. The summed E-state index contributed by atoms with van der Waals surface area (Å²) in [5, 5.41) is 110. The van der Waals surface area contributed by atoms with Crippen molar-refractivity contribution in [2.45, 2.75) is 139 Å². The maximum absolute atomic E-state index is 14.7. The third-order valence-electron chi connectivity index (χ3n) is 15.4. The second-order valence-electron chi connectivity index (χ2n) is 22.2. The molecule has 0 bridgehead atoms. The molecule has 0 saturated carbocycles. The number of benzene rings is 3. The molecule has 8 amide bonds. The third-order valence-corrected chi connectivity index (χ3v) is 16.7. The van der Waals surface area contributed by atoms with Crippen LogP contribution in [-0.4, -0.2) is 207 Å². The van der Waals surface area contributed by atoms with Gasteiger partial charge in [-0.1, -0.05) is 56.2 Å². The summed E-state index contributed by atoms with van der Waals surface area (Å²) in [7, 11) is 0. The number of nitrogens with zero attached hydrogens (tertiary/aromatic N) is 5. The Morgan fingerprint density at radius 3 is 2.19 bits per heavy atom. The van der Waals surface area contributed by atoms with Crippen molar-refractivity contribution in [3.8, 4) is 39.1 Å². The fourth-order valence-electron chi connectivity index (χ4n) is 10.6. The van der Waals surface area contributed by atoms with E-state index in [0.29, 0.717) is 27.8 Å². The number of rotatable bonds is 20. The second-order valence-corrected chi connectivity index (χ2v) is 23.6. The van der Waals surface area contributed by atoms with Crippen molar-refractivity contribution in [3.63, 3.8) is 0 Å². The van der Waals surface area contributed by atoms with Gasteiger partial charge >= 0.3 is 29.6 Å². The summed E-state index contributed by atoms with van der Waals surface area (Å²) < 4.78 is 16.6. The minimum absolute atomic E-state index is 0. The molecule has 14 N–H and O–H groups in total. The van der Waals surface area contributed by atoms with E-state index in [0.717, 1.165) is 59.4 Å². The first kappa shape index (κ1) is 71.4. The Bertz CT molecular complexity index is 3350. The summed E-state index contributed by atoms with van der Waals surface area (Å²) in [4.78, 5) is 120. The first-order valence-corrected chi connectivity index (χ1v) is 30.2. The molecule has 91 heavy (non-hydrogen) atoms.